The maximum Gasteiger partial charge on any atom is 0.310 e. The van der Waals surface area contributed by atoms with Crippen LogP contribution in [-0.2, 0) is 8.85 Å². The number of nitrogens with zero attached hydrogens (tertiary/aromatic N) is 3. The van der Waals surface area contributed by atoms with Crippen molar-refractivity contribution in [3.8, 4) is 0 Å². The number of aromatic nitrogens is 1. The second-order valence-corrected chi connectivity index (χ2v) is 21.8. The van der Waals surface area contributed by atoms with Crippen LogP contribution in [0.1, 0.15) is 48.5 Å². The average Bonchev–Trinajstić information content (AvgIpc) is 2.62. The first-order chi connectivity index (χ1) is 14.4. The van der Waals surface area contributed by atoms with Gasteiger partial charge in [-0.25, -0.2) is 0 Å². The molecule has 0 N–H and O–H groups in total. The number of piperidine rings is 1. The standard InChI is InChI=1S/C23H43N3O4Si2/c1-17-15-25(18-12-13-24-14-19(18)26(27)28)16-20(29-31(8,9)22(2,3)4)21(17)30-32(10,11)23(5,6)7/h12-14,17,20-21H,15-16H2,1-11H3. The first kappa shape index (κ1) is 27.0. The zero-order valence-electron chi connectivity index (χ0n) is 21.9. The van der Waals surface area contributed by atoms with Crippen LogP contribution in [0, 0.1) is 16.0 Å². The van der Waals surface area contributed by atoms with E-state index in [-0.39, 0.29) is 38.8 Å². The van der Waals surface area contributed by atoms with Gasteiger partial charge >= 0.3 is 5.69 Å². The first-order valence-corrected chi connectivity index (χ1v) is 17.4. The van der Waals surface area contributed by atoms with Crippen LogP contribution in [0.4, 0.5) is 11.4 Å². The molecule has 7 nitrogen and oxygen atoms in total. The average molecular weight is 482 g/mol. The molecule has 0 bridgehead atoms. The number of anilines is 1. The number of pyridine rings is 1. The molecule has 2 heterocycles. The third kappa shape index (κ3) is 5.79. The van der Waals surface area contributed by atoms with E-state index in [0.29, 0.717) is 18.8 Å². The summed E-state index contributed by atoms with van der Waals surface area (Å²) < 4.78 is 13.9. The third-order valence-electron chi connectivity index (χ3n) is 7.64. The zero-order chi connectivity index (χ0) is 24.7. The topological polar surface area (TPSA) is 77.7 Å². The number of rotatable bonds is 6. The lowest BCUT2D eigenvalue weighted by molar-refractivity contribution is -0.384. The van der Waals surface area contributed by atoms with Crippen molar-refractivity contribution in [2.24, 2.45) is 5.92 Å². The summed E-state index contributed by atoms with van der Waals surface area (Å²) in [6.45, 7) is 26.0. The minimum absolute atomic E-state index is 0.0366. The molecule has 1 aliphatic heterocycles. The second kappa shape index (κ2) is 9.15. The molecule has 3 atom stereocenters. The molecule has 3 unspecified atom stereocenters. The van der Waals surface area contributed by atoms with E-state index >= 15 is 0 Å². The van der Waals surface area contributed by atoms with Gasteiger partial charge in [0.25, 0.3) is 0 Å². The van der Waals surface area contributed by atoms with Gasteiger partial charge in [-0.2, -0.15) is 0 Å². The molecule has 0 aliphatic carbocycles. The van der Waals surface area contributed by atoms with Gasteiger partial charge in [-0.05, 0) is 42.3 Å². The molecule has 9 heteroatoms. The predicted molar refractivity (Wildman–Crippen MR) is 136 cm³/mol. The predicted octanol–water partition coefficient (Wildman–Crippen LogP) is 6.23. The summed E-state index contributed by atoms with van der Waals surface area (Å²) in [6, 6.07) is 1.74. The molecule has 1 aromatic rings. The van der Waals surface area contributed by atoms with Crippen molar-refractivity contribution in [1.82, 2.24) is 4.98 Å². The smallest absolute Gasteiger partial charge is 0.310 e. The lowest BCUT2D eigenvalue weighted by atomic mass is 9.94. The van der Waals surface area contributed by atoms with Gasteiger partial charge in [0.1, 0.15) is 11.9 Å². The van der Waals surface area contributed by atoms with Crippen LogP contribution in [0.15, 0.2) is 18.5 Å². The Labute approximate surface area is 196 Å². The Morgan fingerprint density at radius 3 is 2.06 bits per heavy atom. The molecule has 0 aromatic carbocycles. The Morgan fingerprint density at radius 2 is 1.56 bits per heavy atom. The molecule has 0 spiro atoms. The number of nitro groups is 1. The van der Waals surface area contributed by atoms with Crippen LogP contribution in [-0.4, -0.2) is 51.8 Å². The molecule has 1 saturated heterocycles. The Morgan fingerprint density at radius 1 is 1.03 bits per heavy atom. The monoisotopic (exact) mass is 481 g/mol. The van der Waals surface area contributed by atoms with E-state index in [1.54, 1.807) is 12.3 Å². The minimum Gasteiger partial charge on any atom is -0.411 e. The van der Waals surface area contributed by atoms with Crippen molar-refractivity contribution in [2.75, 3.05) is 18.0 Å². The maximum absolute atomic E-state index is 11.6. The minimum atomic E-state index is -2.09. The highest BCUT2D eigenvalue weighted by atomic mass is 28.4. The summed E-state index contributed by atoms with van der Waals surface area (Å²) in [5, 5.41) is 11.8. The fourth-order valence-electron chi connectivity index (χ4n) is 3.57. The molecule has 32 heavy (non-hydrogen) atoms. The zero-order valence-corrected chi connectivity index (χ0v) is 23.9. The van der Waals surface area contributed by atoms with Gasteiger partial charge < -0.3 is 13.8 Å². The van der Waals surface area contributed by atoms with Crippen LogP contribution >= 0.6 is 0 Å². The van der Waals surface area contributed by atoms with E-state index in [9.17, 15) is 10.1 Å². The first-order valence-electron chi connectivity index (χ1n) is 11.6. The molecule has 1 aromatic heterocycles. The highest BCUT2D eigenvalue weighted by molar-refractivity contribution is 6.74. The van der Waals surface area contributed by atoms with Crippen molar-refractivity contribution in [2.45, 2.75) is 96.9 Å². The second-order valence-electron chi connectivity index (χ2n) is 12.3. The summed E-state index contributed by atoms with van der Waals surface area (Å²) in [5.41, 5.74) is 0.640. The van der Waals surface area contributed by atoms with Gasteiger partial charge in [0.2, 0.25) is 0 Å². The van der Waals surface area contributed by atoms with Crippen molar-refractivity contribution in [3.63, 3.8) is 0 Å². The van der Waals surface area contributed by atoms with Crippen LogP contribution < -0.4 is 4.90 Å². The van der Waals surface area contributed by atoms with E-state index in [4.69, 9.17) is 8.85 Å². The summed E-state index contributed by atoms with van der Waals surface area (Å²) >= 11 is 0. The molecular weight excluding hydrogens is 438 g/mol. The van der Waals surface area contributed by atoms with Gasteiger partial charge in [-0.3, -0.25) is 15.1 Å². The van der Waals surface area contributed by atoms with Crippen molar-refractivity contribution in [1.29, 1.82) is 0 Å². The van der Waals surface area contributed by atoms with Crippen LogP contribution in [0.2, 0.25) is 36.3 Å². The SMILES string of the molecule is CC1CN(c2ccncc2[N+](=O)[O-])CC(O[Si](C)(C)C(C)(C)C)C1O[Si](C)(C)C(C)(C)C. The summed E-state index contributed by atoms with van der Waals surface area (Å²) in [7, 11) is -4.12. The highest BCUT2D eigenvalue weighted by Gasteiger charge is 2.48. The van der Waals surface area contributed by atoms with E-state index < -0.39 is 16.6 Å². The number of hydrogen-bond donors (Lipinski definition) is 0. The molecule has 2 rings (SSSR count). The van der Waals surface area contributed by atoms with Crippen molar-refractivity contribution in [3.05, 3.63) is 28.6 Å². The quantitative estimate of drug-likeness (QED) is 0.272. The summed E-state index contributed by atoms with van der Waals surface area (Å²) in [4.78, 5) is 17.4. The Balaban J connectivity index is 2.45. The fourth-order valence-corrected chi connectivity index (χ4v) is 6.30. The summed E-state index contributed by atoms with van der Waals surface area (Å²) in [5.74, 6) is 0.167. The molecule has 1 aliphatic rings. The lowest BCUT2D eigenvalue weighted by Gasteiger charge is -2.51. The van der Waals surface area contributed by atoms with Crippen LogP contribution in [0.25, 0.3) is 0 Å². The molecule has 0 amide bonds. The Bertz CT molecular complexity index is 818. The van der Waals surface area contributed by atoms with Gasteiger partial charge in [0.15, 0.2) is 16.6 Å². The fraction of sp³-hybridized carbons (Fsp3) is 0.783. The Hall–Kier alpha value is -1.30. The van der Waals surface area contributed by atoms with Gasteiger partial charge in [-0.1, -0.05) is 48.5 Å². The van der Waals surface area contributed by atoms with Crippen molar-refractivity contribution >= 4 is 28.0 Å². The van der Waals surface area contributed by atoms with E-state index in [2.05, 4.69) is 84.5 Å². The van der Waals surface area contributed by atoms with E-state index in [1.807, 2.05) is 0 Å². The lowest BCUT2D eigenvalue weighted by Crippen LogP contribution is -2.61. The number of hydrogen-bond acceptors (Lipinski definition) is 6. The molecule has 1 fully saturated rings. The molecule has 0 radical (unpaired) electrons. The van der Waals surface area contributed by atoms with Gasteiger partial charge in [0, 0.05) is 25.2 Å². The molecule has 182 valence electrons. The largest absolute Gasteiger partial charge is 0.411 e. The normalized spacial score (nSPS) is 23.3. The molecule has 0 saturated carbocycles. The van der Waals surface area contributed by atoms with Crippen LogP contribution in [0.5, 0.6) is 0 Å². The Kier molecular flexibility index (Phi) is 7.71. The van der Waals surface area contributed by atoms with Crippen molar-refractivity contribution < 1.29 is 13.8 Å². The van der Waals surface area contributed by atoms with E-state index in [1.165, 1.54) is 6.20 Å². The van der Waals surface area contributed by atoms with E-state index in [0.717, 1.165) is 0 Å². The van der Waals surface area contributed by atoms with Gasteiger partial charge in [0.05, 0.1) is 17.1 Å². The maximum atomic E-state index is 11.6. The summed E-state index contributed by atoms with van der Waals surface area (Å²) in [6.07, 6.45) is 2.76. The highest BCUT2D eigenvalue weighted by Crippen LogP contribution is 2.43. The van der Waals surface area contributed by atoms with Crippen LogP contribution in [0.3, 0.4) is 0 Å². The molecular formula is C23H43N3O4Si2. The van der Waals surface area contributed by atoms with Gasteiger partial charge in [-0.15, -0.1) is 0 Å². The third-order valence-corrected chi connectivity index (χ3v) is 16.6.